The number of nitrogens with zero attached hydrogens (tertiary/aromatic N) is 1. The average Bonchev–Trinajstić information content (AvgIpc) is 2.38. The number of pyridine rings is 1. The van der Waals surface area contributed by atoms with Gasteiger partial charge >= 0.3 is 0 Å². The number of sulfone groups is 1. The normalized spacial score (nSPS) is 11.9. The van der Waals surface area contributed by atoms with Crippen molar-refractivity contribution in [1.29, 1.82) is 0 Å². The Morgan fingerprint density at radius 2 is 1.89 bits per heavy atom. The summed E-state index contributed by atoms with van der Waals surface area (Å²) in [5.74, 6) is 0. The predicted octanol–water partition coefficient (Wildman–Crippen LogP) is 3.83. The smallest absolute Gasteiger partial charge is 0.199 e. The number of halogens is 2. The molecule has 0 unspecified atom stereocenters. The fraction of sp³-hybridized carbons (Fsp3) is 0. The van der Waals surface area contributed by atoms with E-state index in [-0.39, 0.29) is 4.90 Å². The highest BCUT2D eigenvalue weighted by atomic mass is 35.5. The monoisotopic (exact) mass is 313 g/mol. The molecule has 0 saturated heterocycles. The van der Waals surface area contributed by atoms with Crippen molar-refractivity contribution in [3.8, 4) is 0 Å². The van der Waals surface area contributed by atoms with Gasteiger partial charge in [0.05, 0.1) is 15.6 Å². The van der Waals surface area contributed by atoms with Crippen LogP contribution < -0.4 is 0 Å². The highest BCUT2D eigenvalue weighted by molar-refractivity contribution is 7.94. The van der Waals surface area contributed by atoms with Crippen molar-refractivity contribution in [2.45, 2.75) is 4.90 Å². The van der Waals surface area contributed by atoms with Gasteiger partial charge in [-0.15, -0.1) is 0 Å². The van der Waals surface area contributed by atoms with E-state index in [1.807, 2.05) is 0 Å². The zero-order valence-electron chi connectivity index (χ0n) is 9.62. The molecule has 0 amide bonds. The molecule has 0 spiro atoms. The fourth-order valence-corrected chi connectivity index (χ4v) is 2.86. The molecule has 19 heavy (non-hydrogen) atoms. The molecule has 6 heteroatoms. The number of hydrogen-bond acceptors (Lipinski definition) is 3. The standard InChI is InChI=1S/C13H9Cl2NO2S/c14-10-3-1-4-11(9-10)19(17,18)8-6-13-12(15)5-2-7-16-13/h1-9H/b8-6+. The van der Waals surface area contributed by atoms with E-state index >= 15 is 0 Å². The van der Waals surface area contributed by atoms with Gasteiger partial charge in [-0.1, -0.05) is 29.3 Å². The first-order chi connectivity index (χ1) is 8.99. The van der Waals surface area contributed by atoms with Crippen LogP contribution in [0, 0.1) is 0 Å². The van der Waals surface area contributed by atoms with Crippen LogP contribution in [0.25, 0.3) is 6.08 Å². The predicted molar refractivity (Wildman–Crippen MR) is 76.9 cm³/mol. The molecular formula is C13H9Cl2NO2S. The second-order valence-electron chi connectivity index (χ2n) is 3.68. The summed E-state index contributed by atoms with van der Waals surface area (Å²) in [6, 6.07) is 9.37. The first-order valence-corrected chi connectivity index (χ1v) is 7.58. The van der Waals surface area contributed by atoms with Gasteiger partial charge in [0, 0.05) is 16.6 Å². The van der Waals surface area contributed by atoms with E-state index in [2.05, 4.69) is 4.98 Å². The summed E-state index contributed by atoms with van der Waals surface area (Å²) >= 11 is 11.7. The lowest BCUT2D eigenvalue weighted by molar-refractivity contribution is 0.605. The van der Waals surface area contributed by atoms with E-state index in [0.29, 0.717) is 15.7 Å². The van der Waals surface area contributed by atoms with Crippen molar-refractivity contribution in [1.82, 2.24) is 4.98 Å². The topological polar surface area (TPSA) is 47.0 Å². The molecule has 0 aliphatic rings. The molecule has 2 rings (SSSR count). The van der Waals surface area contributed by atoms with Gasteiger partial charge in [0.2, 0.25) is 0 Å². The first kappa shape index (κ1) is 14.1. The lowest BCUT2D eigenvalue weighted by Gasteiger charge is -2.00. The molecule has 1 heterocycles. The molecule has 0 aliphatic carbocycles. The Bertz CT molecular complexity index is 727. The van der Waals surface area contributed by atoms with E-state index in [4.69, 9.17) is 23.2 Å². The Hall–Kier alpha value is -1.36. The molecular weight excluding hydrogens is 305 g/mol. The molecule has 0 fully saturated rings. The van der Waals surface area contributed by atoms with Crippen molar-refractivity contribution in [3.05, 3.63) is 63.7 Å². The van der Waals surface area contributed by atoms with Crippen molar-refractivity contribution >= 4 is 39.1 Å². The molecule has 0 aliphatic heterocycles. The molecule has 2 aromatic rings. The molecule has 0 saturated carbocycles. The van der Waals surface area contributed by atoms with Crippen molar-refractivity contribution in [2.75, 3.05) is 0 Å². The van der Waals surface area contributed by atoms with Gasteiger partial charge in [0.15, 0.2) is 9.84 Å². The summed E-state index contributed by atoms with van der Waals surface area (Å²) < 4.78 is 24.1. The van der Waals surface area contributed by atoms with Gasteiger partial charge in [-0.3, -0.25) is 4.98 Å². The molecule has 1 aromatic carbocycles. The van der Waals surface area contributed by atoms with Crippen LogP contribution in [0.3, 0.4) is 0 Å². The van der Waals surface area contributed by atoms with Crippen LogP contribution in [0.2, 0.25) is 10.0 Å². The Labute approximate surface area is 121 Å². The van der Waals surface area contributed by atoms with Gasteiger partial charge < -0.3 is 0 Å². The van der Waals surface area contributed by atoms with Crippen molar-refractivity contribution in [2.24, 2.45) is 0 Å². The summed E-state index contributed by atoms with van der Waals surface area (Å²) in [5.41, 5.74) is 0.398. The van der Waals surface area contributed by atoms with Gasteiger partial charge in [0.25, 0.3) is 0 Å². The summed E-state index contributed by atoms with van der Waals surface area (Å²) in [6.45, 7) is 0. The Balaban J connectivity index is 2.35. The van der Waals surface area contributed by atoms with E-state index in [0.717, 1.165) is 5.41 Å². The third-order valence-corrected chi connectivity index (χ3v) is 4.28. The van der Waals surface area contributed by atoms with Gasteiger partial charge in [-0.05, 0) is 36.4 Å². The Morgan fingerprint density at radius 1 is 1.11 bits per heavy atom. The minimum atomic E-state index is -3.56. The average molecular weight is 314 g/mol. The van der Waals surface area contributed by atoms with Crippen LogP contribution in [0.5, 0.6) is 0 Å². The molecule has 3 nitrogen and oxygen atoms in total. The highest BCUT2D eigenvalue weighted by Gasteiger charge is 2.10. The summed E-state index contributed by atoms with van der Waals surface area (Å²) in [4.78, 5) is 4.11. The zero-order chi connectivity index (χ0) is 13.9. The number of benzene rings is 1. The van der Waals surface area contributed by atoms with E-state index in [1.165, 1.54) is 24.4 Å². The third-order valence-electron chi connectivity index (χ3n) is 2.32. The first-order valence-electron chi connectivity index (χ1n) is 5.28. The lowest BCUT2D eigenvalue weighted by Crippen LogP contribution is -1.96. The maximum Gasteiger partial charge on any atom is 0.199 e. The summed E-state index contributed by atoms with van der Waals surface area (Å²) in [6.07, 6.45) is 2.90. The SMILES string of the molecule is O=S(=O)(/C=C/c1ncccc1Cl)c1cccc(Cl)c1. The molecule has 98 valence electrons. The van der Waals surface area contributed by atoms with Gasteiger partial charge in [-0.2, -0.15) is 0 Å². The number of rotatable bonds is 3. The quantitative estimate of drug-likeness (QED) is 0.865. The van der Waals surface area contributed by atoms with Crippen LogP contribution in [-0.4, -0.2) is 13.4 Å². The van der Waals surface area contributed by atoms with Crippen LogP contribution >= 0.6 is 23.2 Å². The minimum absolute atomic E-state index is 0.128. The second-order valence-corrected chi connectivity index (χ2v) is 6.35. The molecule has 0 radical (unpaired) electrons. The maximum absolute atomic E-state index is 12.1. The fourth-order valence-electron chi connectivity index (χ4n) is 1.40. The number of hydrogen-bond donors (Lipinski definition) is 0. The van der Waals surface area contributed by atoms with Gasteiger partial charge in [-0.25, -0.2) is 8.42 Å². The maximum atomic E-state index is 12.1. The van der Waals surface area contributed by atoms with Crippen LogP contribution in [0.1, 0.15) is 5.69 Å². The zero-order valence-corrected chi connectivity index (χ0v) is 12.0. The van der Waals surface area contributed by atoms with Crippen molar-refractivity contribution in [3.63, 3.8) is 0 Å². The van der Waals surface area contributed by atoms with E-state index < -0.39 is 9.84 Å². The third kappa shape index (κ3) is 3.56. The highest BCUT2D eigenvalue weighted by Crippen LogP contribution is 2.19. The largest absolute Gasteiger partial charge is 0.255 e. The van der Waals surface area contributed by atoms with E-state index in [9.17, 15) is 8.42 Å². The molecule has 0 N–H and O–H groups in total. The van der Waals surface area contributed by atoms with E-state index in [1.54, 1.807) is 24.3 Å². The van der Waals surface area contributed by atoms with Crippen molar-refractivity contribution < 1.29 is 8.42 Å². The molecule has 0 bridgehead atoms. The van der Waals surface area contributed by atoms with Crippen LogP contribution in [-0.2, 0) is 9.84 Å². The lowest BCUT2D eigenvalue weighted by atomic mass is 10.3. The van der Waals surface area contributed by atoms with Crippen LogP contribution in [0.15, 0.2) is 52.9 Å². The molecule has 0 atom stereocenters. The Morgan fingerprint density at radius 3 is 2.58 bits per heavy atom. The molecule has 1 aromatic heterocycles. The summed E-state index contributed by atoms with van der Waals surface area (Å²) in [7, 11) is -3.56. The van der Waals surface area contributed by atoms with Crippen LogP contribution in [0.4, 0.5) is 0 Å². The minimum Gasteiger partial charge on any atom is -0.255 e. The van der Waals surface area contributed by atoms with Gasteiger partial charge in [0.1, 0.15) is 0 Å². The second kappa shape index (κ2) is 5.74. The Kier molecular flexibility index (Phi) is 4.24. The number of aromatic nitrogens is 1. The summed E-state index contributed by atoms with van der Waals surface area (Å²) in [5, 5.41) is 1.82.